The largest absolute Gasteiger partial charge is 0.378 e. The van der Waals surface area contributed by atoms with Gasteiger partial charge in [-0.3, -0.25) is 4.79 Å². The van der Waals surface area contributed by atoms with Crippen LogP contribution in [-0.4, -0.2) is 41.2 Å². The van der Waals surface area contributed by atoms with Gasteiger partial charge in [-0.2, -0.15) is 0 Å². The van der Waals surface area contributed by atoms with Gasteiger partial charge in [-0.05, 0) is 19.4 Å². The van der Waals surface area contributed by atoms with Gasteiger partial charge in [0.15, 0.2) is 6.10 Å². The summed E-state index contributed by atoms with van der Waals surface area (Å²) in [6, 6.07) is 9.01. The van der Waals surface area contributed by atoms with Crippen molar-refractivity contribution in [2.24, 2.45) is 0 Å². The van der Waals surface area contributed by atoms with Crippen molar-refractivity contribution in [2.45, 2.75) is 32.2 Å². The topological polar surface area (TPSA) is 49.8 Å². The zero-order valence-corrected chi connectivity index (χ0v) is 10.7. The van der Waals surface area contributed by atoms with Gasteiger partial charge in [-0.15, -0.1) is 0 Å². The molecule has 0 aromatic heterocycles. The van der Waals surface area contributed by atoms with Crippen molar-refractivity contribution in [2.75, 3.05) is 13.1 Å². The van der Waals surface area contributed by atoms with Crippen LogP contribution in [-0.2, 0) is 9.53 Å². The third-order valence-corrected chi connectivity index (χ3v) is 3.08. The van der Waals surface area contributed by atoms with E-state index in [-0.39, 0.29) is 18.1 Å². The summed E-state index contributed by atoms with van der Waals surface area (Å²) in [6.07, 6.45) is -1.05. The lowest BCUT2D eigenvalue weighted by Crippen LogP contribution is -2.49. The number of ether oxygens (including phenoxy) is 1. The third-order valence-electron chi connectivity index (χ3n) is 3.08. The summed E-state index contributed by atoms with van der Waals surface area (Å²) < 4.78 is 5.58. The molecular weight excluding hydrogens is 230 g/mol. The molecule has 4 nitrogen and oxygen atoms in total. The van der Waals surface area contributed by atoms with Crippen LogP contribution in [0, 0.1) is 0 Å². The van der Waals surface area contributed by atoms with E-state index >= 15 is 0 Å². The molecule has 1 fully saturated rings. The number of amides is 1. The molecule has 3 unspecified atom stereocenters. The Kier molecular flexibility index (Phi) is 3.99. The van der Waals surface area contributed by atoms with Crippen molar-refractivity contribution < 1.29 is 14.6 Å². The van der Waals surface area contributed by atoms with Gasteiger partial charge >= 0.3 is 0 Å². The summed E-state index contributed by atoms with van der Waals surface area (Å²) in [5, 5.41) is 10.1. The molecule has 0 saturated carbocycles. The molecule has 1 heterocycles. The summed E-state index contributed by atoms with van der Waals surface area (Å²) in [5.74, 6) is -0.247. The van der Waals surface area contributed by atoms with Crippen LogP contribution in [0.15, 0.2) is 30.3 Å². The Balaban J connectivity index is 2.07. The Labute approximate surface area is 107 Å². The number of aliphatic hydroxyl groups is 1. The van der Waals surface area contributed by atoms with E-state index in [9.17, 15) is 9.90 Å². The molecule has 1 aliphatic rings. The van der Waals surface area contributed by atoms with Gasteiger partial charge in [-0.25, -0.2) is 0 Å². The Morgan fingerprint density at radius 2 is 1.83 bits per heavy atom. The Bertz CT molecular complexity index is 397. The fraction of sp³-hybridized carbons (Fsp3) is 0.500. The highest BCUT2D eigenvalue weighted by atomic mass is 16.5. The molecule has 1 aromatic carbocycles. The summed E-state index contributed by atoms with van der Waals surface area (Å²) in [5.41, 5.74) is 0.634. The smallest absolute Gasteiger partial charge is 0.256 e. The van der Waals surface area contributed by atoms with Crippen molar-refractivity contribution in [1.29, 1.82) is 0 Å². The fourth-order valence-electron chi connectivity index (χ4n) is 2.31. The van der Waals surface area contributed by atoms with Gasteiger partial charge in [0.25, 0.3) is 5.91 Å². The number of aliphatic hydroxyl groups excluding tert-OH is 1. The van der Waals surface area contributed by atoms with E-state index in [0.29, 0.717) is 18.7 Å². The molecule has 1 aliphatic heterocycles. The van der Waals surface area contributed by atoms with Crippen LogP contribution in [0.1, 0.15) is 25.5 Å². The third kappa shape index (κ3) is 2.89. The molecule has 3 atom stereocenters. The molecule has 0 aliphatic carbocycles. The molecule has 0 spiro atoms. The average molecular weight is 249 g/mol. The van der Waals surface area contributed by atoms with Gasteiger partial charge < -0.3 is 14.7 Å². The molecule has 98 valence electrons. The Morgan fingerprint density at radius 1 is 1.28 bits per heavy atom. The van der Waals surface area contributed by atoms with E-state index in [1.54, 1.807) is 17.0 Å². The number of hydrogen-bond acceptors (Lipinski definition) is 3. The number of nitrogens with zero attached hydrogens (tertiary/aromatic N) is 1. The van der Waals surface area contributed by atoms with Crippen molar-refractivity contribution in [3.8, 4) is 0 Å². The molecule has 2 rings (SSSR count). The Morgan fingerprint density at radius 3 is 2.39 bits per heavy atom. The predicted octanol–water partition coefficient (Wildman–Crippen LogP) is 1.36. The second-order valence-corrected chi connectivity index (χ2v) is 4.81. The molecular formula is C14H19NO3. The first-order chi connectivity index (χ1) is 8.58. The van der Waals surface area contributed by atoms with E-state index in [1.807, 2.05) is 32.0 Å². The quantitative estimate of drug-likeness (QED) is 0.861. The SMILES string of the molecule is CC1CN(C(=O)C(O)c2ccccc2)CC(C)O1. The van der Waals surface area contributed by atoms with Gasteiger partial charge in [0.05, 0.1) is 12.2 Å². The highest BCUT2D eigenvalue weighted by Gasteiger charge is 2.30. The molecule has 1 amide bonds. The maximum Gasteiger partial charge on any atom is 0.256 e. The first-order valence-electron chi connectivity index (χ1n) is 6.25. The van der Waals surface area contributed by atoms with Gasteiger partial charge in [0.1, 0.15) is 0 Å². The molecule has 1 saturated heterocycles. The number of carbonyl (C=O) groups is 1. The summed E-state index contributed by atoms with van der Waals surface area (Å²) in [4.78, 5) is 13.9. The minimum atomic E-state index is -1.08. The lowest BCUT2D eigenvalue weighted by molar-refractivity contribution is -0.152. The van der Waals surface area contributed by atoms with Crippen molar-refractivity contribution >= 4 is 5.91 Å². The van der Waals surface area contributed by atoms with Crippen LogP contribution >= 0.6 is 0 Å². The van der Waals surface area contributed by atoms with E-state index in [0.717, 1.165) is 0 Å². The minimum Gasteiger partial charge on any atom is -0.378 e. The number of carbonyl (C=O) groups excluding carboxylic acids is 1. The van der Waals surface area contributed by atoms with Gasteiger partial charge in [0.2, 0.25) is 0 Å². The standard InChI is InChI=1S/C14H19NO3/c1-10-8-15(9-11(2)18-10)14(17)13(16)12-6-4-3-5-7-12/h3-7,10-11,13,16H,8-9H2,1-2H3. The molecule has 1 N–H and O–H groups in total. The summed E-state index contributed by atoms with van der Waals surface area (Å²) in [7, 11) is 0. The number of benzene rings is 1. The monoisotopic (exact) mass is 249 g/mol. The Hall–Kier alpha value is -1.39. The maximum absolute atomic E-state index is 12.2. The zero-order chi connectivity index (χ0) is 13.1. The van der Waals surface area contributed by atoms with Crippen molar-refractivity contribution in [3.63, 3.8) is 0 Å². The van der Waals surface area contributed by atoms with Crippen LogP contribution in [0.25, 0.3) is 0 Å². The lowest BCUT2D eigenvalue weighted by Gasteiger charge is -2.36. The van der Waals surface area contributed by atoms with Crippen molar-refractivity contribution in [3.05, 3.63) is 35.9 Å². The van der Waals surface area contributed by atoms with Gasteiger partial charge in [0, 0.05) is 13.1 Å². The molecule has 0 radical (unpaired) electrons. The van der Waals surface area contributed by atoms with Crippen LogP contribution < -0.4 is 0 Å². The van der Waals surface area contributed by atoms with Crippen LogP contribution in [0.4, 0.5) is 0 Å². The van der Waals surface area contributed by atoms with Crippen LogP contribution in [0.2, 0.25) is 0 Å². The maximum atomic E-state index is 12.2. The first kappa shape index (κ1) is 13.1. The molecule has 1 aromatic rings. The number of rotatable bonds is 2. The molecule has 18 heavy (non-hydrogen) atoms. The second-order valence-electron chi connectivity index (χ2n) is 4.81. The van der Waals surface area contributed by atoms with E-state index in [4.69, 9.17) is 4.74 Å². The zero-order valence-electron chi connectivity index (χ0n) is 10.7. The fourth-order valence-corrected chi connectivity index (χ4v) is 2.31. The van der Waals surface area contributed by atoms with E-state index < -0.39 is 6.10 Å². The minimum absolute atomic E-state index is 0.0145. The molecule has 4 heteroatoms. The highest BCUT2D eigenvalue weighted by Crippen LogP contribution is 2.19. The van der Waals surface area contributed by atoms with Crippen LogP contribution in [0.3, 0.4) is 0 Å². The van der Waals surface area contributed by atoms with E-state index in [2.05, 4.69) is 0 Å². The number of morpholine rings is 1. The van der Waals surface area contributed by atoms with E-state index in [1.165, 1.54) is 0 Å². The van der Waals surface area contributed by atoms with Gasteiger partial charge in [-0.1, -0.05) is 30.3 Å². The normalized spacial score (nSPS) is 25.8. The van der Waals surface area contributed by atoms with Crippen LogP contribution in [0.5, 0.6) is 0 Å². The first-order valence-corrected chi connectivity index (χ1v) is 6.25. The summed E-state index contributed by atoms with van der Waals surface area (Å²) >= 11 is 0. The second kappa shape index (κ2) is 5.50. The summed E-state index contributed by atoms with van der Waals surface area (Å²) in [6.45, 7) is 4.94. The molecule has 0 bridgehead atoms. The highest BCUT2D eigenvalue weighted by molar-refractivity contribution is 5.82. The average Bonchev–Trinajstić information content (AvgIpc) is 2.37. The predicted molar refractivity (Wildman–Crippen MR) is 68.0 cm³/mol. The van der Waals surface area contributed by atoms with Crippen molar-refractivity contribution in [1.82, 2.24) is 4.90 Å². The lowest BCUT2D eigenvalue weighted by atomic mass is 10.1. The number of hydrogen-bond donors (Lipinski definition) is 1.